The third-order valence-corrected chi connectivity index (χ3v) is 6.36. The third kappa shape index (κ3) is 3.86. The molecule has 0 aliphatic carbocycles. The molecule has 1 N–H and O–H groups in total. The number of nitrogens with one attached hydrogen (secondary N) is 1. The van der Waals surface area contributed by atoms with Gasteiger partial charge in [0.1, 0.15) is 12.4 Å². The lowest BCUT2D eigenvalue weighted by atomic mass is 10.2. The molecule has 1 aliphatic rings. The number of amides is 1. The number of nitrogens with zero attached hydrogens (tertiary/aromatic N) is 2. The fourth-order valence-electron chi connectivity index (χ4n) is 2.50. The summed E-state index contributed by atoms with van der Waals surface area (Å²) in [5, 5.41) is 0. The van der Waals surface area contributed by atoms with Gasteiger partial charge in [0, 0.05) is 17.0 Å². The van der Waals surface area contributed by atoms with Crippen LogP contribution in [-0.2, 0) is 21.4 Å². The highest BCUT2D eigenvalue weighted by Gasteiger charge is 2.30. The maximum absolute atomic E-state index is 12.4. The summed E-state index contributed by atoms with van der Waals surface area (Å²) in [6, 6.07) is 10.2. The van der Waals surface area contributed by atoms with Gasteiger partial charge in [0.2, 0.25) is 5.91 Å². The summed E-state index contributed by atoms with van der Waals surface area (Å²) in [7, 11) is -3.59. The first-order valence-corrected chi connectivity index (χ1v) is 10.3. The van der Waals surface area contributed by atoms with Crippen LogP contribution in [0, 0.1) is 0 Å². The van der Waals surface area contributed by atoms with Crippen LogP contribution in [-0.4, -0.2) is 38.2 Å². The molecule has 1 aliphatic heterocycles. The molecule has 0 fully saturated rings. The highest BCUT2D eigenvalue weighted by Crippen LogP contribution is 2.23. The van der Waals surface area contributed by atoms with E-state index in [0.29, 0.717) is 23.0 Å². The molecule has 0 saturated heterocycles. The standard InChI is InChI=1S/C16H16ClN3O3S2/c1-2-20(10-11-7-8-14(17)24-11)15(21)9-18-16-12-5-3-4-6-13(12)25(22,23)19-16/h3-8H,2,9-10H2,1H3,(H,18,19). The number of rotatable bonds is 5. The van der Waals surface area contributed by atoms with E-state index in [1.54, 1.807) is 29.2 Å². The predicted octanol–water partition coefficient (Wildman–Crippen LogP) is 2.49. The summed E-state index contributed by atoms with van der Waals surface area (Å²) in [4.78, 5) is 19.4. The van der Waals surface area contributed by atoms with Gasteiger partial charge in [0.05, 0.1) is 15.8 Å². The molecule has 1 aromatic carbocycles. The van der Waals surface area contributed by atoms with Crippen molar-refractivity contribution in [1.29, 1.82) is 0 Å². The van der Waals surface area contributed by atoms with Crippen LogP contribution in [0.2, 0.25) is 4.34 Å². The molecular formula is C16H16ClN3O3S2. The Balaban J connectivity index is 1.74. The SMILES string of the molecule is CCN(Cc1ccc(Cl)s1)C(=O)CN=C1NS(=O)(=O)c2ccccc21. The van der Waals surface area contributed by atoms with Crippen molar-refractivity contribution in [3.05, 3.63) is 51.2 Å². The number of halogens is 1. The Hall–Kier alpha value is -1.90. The smallest absolute Gasteiger partial charge is 0.263 e. The highest BCUT2D eigenvalue weighted by molar-refractivity contribution is 7.90. The van der Waals surface area contributed by atoms with Crippen molar-refractivity contribution in [2.24, 2.45) is 4.99 Å². The number of likely N-dealkylation sites (N-methyl/N-ethyl adjacent to an activating group) is 1. The summed E-state index contributed by atoms with van der Waals surface area (Å²) >= 11 is 7.34. The van der Waals surface area contributed by atoms with Crippen LogP contribution in [0.5, 0.6) is 0 Å². The van der Waals surface area contributed by atoms with E-state index >= 15 is 0 Å². The maximum Gasteiger partial charge on any atom is 0.263 e. The first-order chi connectivity index (χ1) is 11.9. The first kappa shape index (κ1) is 17.9. The number of aliphatic imine (C=N–C) groups is 1. The Labute approximate surface area is 155 Å². The number of amidine groups is 1. The van der Waals surface area contributed by atoms with Crippen molar-refractivity contribution in [2.45, 2.75) is 18.4 Å². The van der Waals surface area contributed by atoms with Crippen molar-refractivity contribution in [1.82, 2.24) is 9.62 Å². The molecule has 1 aromatic heterocycles. The average Bonchev–Trinajstić information content (AvgIpc) is 3.11. The van der Waals surface area contributed by atoms with Crippen LogP contribution in [0.4, 0.5) is 0 Å². The van der Waals surface area contributed by atoms with E-state index in [4.69, 9.17) is 11.6 Å². The maximum atomic E-state index is 12.4. The Kier molecular flexibility index (Phi) is 5.12. The van der Waals surface area contributed by atoms with E-state index in [1.807, 2.05) is 13.0 Å². The summed E-state index contributed by atoms with van der Waals surface area (Å²) < 4.78 is 27.2. The zero-order valence-electron chi connectivity index (χ0n) is 13.4. The second kappa shape index (κ2) is 7.15. The third-order valence-electron chi connectivity index (χ3n) is 3.75. The Morgan fingerprint density at radius 1 is 1.28 bits per heavy atom. The molecule has 2 aromatic rings. The van der Waals surface area contributed by atoms with Gasteiger partial charge in [0.15, 0.2) is 0 Å². The van der Waals surface area contributed by atoms with Gasteiger partial charge in [-0.2, -0.15) is 0 Å². The van der Waals surface area contributed by atoms with E-state index in [1.165, 1.54) is 17.4 Å². The molecule has 6 nitrogen and oxygen atoms in total. The number of thiophene rings is 1. The molecule has 2 heterocycles. The molecule has 0 radical (unpaired) electrons. The number of hydrogen-bond donors (Lipinski definition) is 1. The lowest BCUT2D eigenvalue weighted by molar-refractivity contribution is -0.129. The monoisotopic (exact) mass is 397 g/mol. The van der Waals surface area contributed by atoms with E-state index in [2.05, 4.69) is 9.71 Å². The van der Waals surface area contributed by atoms with Crippen molar-refractivity contribution in [2.75, 3.05) is 13.1 Å². The van der Waals surface area contributed by atoms with Crippen LogP contribution < -0.4 is 4.72 Å². The molecular weight excluding hydrogens is 382 g/mol. The van der Waals surface area contributed by atoms with Gasteiger partial charge in [-0.05, 0) is 31.2 Å². The predicted molar refractivity (Wildman–Crippen MR) is 98.6 cm³/mol. The topological polar surface area (TPSA) is 78.8 Å². The molecule has 0 unspecified atom stereocenters. The highest BCUT2D eigenvalue weighted by atomic mass is 35.5. The Morgan fingerprint density at radius 2 is 2.04 bits per heavy atom. The van der Waals surface area contributed by atoms with Crippen molar-refractivity contribution < 1.29 is 13.2 Å². The van der Waals surface area contributed by atoms with Gasteiger partial charge in [0.25, 0.3) is 10.0 Å². The van der Waals surface area contributed by atoms with Crippen molar-refractivity contribution in [3.8, 4) is 0 Å². The zero-order chi connectivity index (χ0) is 18.0. The fraction of sp³-hybridized carbons (Fsp3) is 0.250. The van der Waals surface area contributed by atoms with Crippen molar-refractivity contribution in [3.63, 3.8) is 0 Å². The fourth-order valence-corrected chi connectivity index (χ4v) is 4.85. The average molecular weight is 398 g/mol. The van der Waals surface area contributed by atoms with Gasteiger partial charge >= 0.3 is 0 Å². The molecule has 0 bridgehead atoms. The molecule has 25 heavy (non-hydrogen) atoms. The van der Waals surface area contributed by atoms with E-state index < -0.39 is 10.0 Å². The van der Waals surface area contributed by atoms with Gasteiger partial charge in [-0.15, -0.1) is 11.3 Å². The van der Waals surface area contributed by atoms with Gasteiger partial charge in [-0.25, -0.2) is 8.42 Å². The van der Waals surface area contributed by atoms with Crippen LogP contribution in [0.3, 0.4) is 0 Å². The molecule has 3 rings (SSSR count). The molecule has 132 valence electrons. The minimum Gasteiger partial charge on any atom is -0.336 e. The summed E-state index contributed by atoms with van der Waals surface area (Å²) in [6.07, 6.45) is 0. The van der Waals surface area contributed by atoms with E-state index in [-0.39, 0.29) is 23.2 Å². The zero-order valence-corrected chi connectivity index (χ0v) is 15.8. The number of benzene rings is 1. The largest absolute Gasteiger partial charge is 0.336 e. The molecule has 0 spiro atoms. The molecule has 1 amide bonds. The number of carbonyl (C=O) groups excluding carboxylic acids is 1. The number of hydrogen-bond acceptors (Lipinski definition) is 5. The summed E-state index contributed by atoms with van der Waals surface area (Å²) in [5.74, 6) is 0.0299. The Bertz CT molecular complexity index is 938. The van der Waals surface area contributed by atoms with Gasteiger partial charge < -0.3 is 4.90 Å². The Morgan fingerprint density at radius 3 is 2.72 bits per heavy atom. The number of sulfonamides is 1. The van der Waals surface area contributed by atoms with Crippen LogP contribution in [0.25, 0.3) is 0 Å². The minimum atomic E-state index is -3.59. The van der Waals surface area contributed by atoms with Crippen LogP contribution in [0.1, 0.15) is 17.4 Å². The first-order valence-electron chi connectivity index (χ1n) is 7.59. The quantitative estimate of drug-likeness (QED) is 0.841. The summed E-state index contributed by atoms with van der Waals surface area (Å²) in [6.45, 7) is 2.74. The minimum absolute atomic E-state index is 0.126. The van der Waals surface area contributed by atoms with E-state index in [9.17, 15) is 13.2 Å². The lowest BCUT2D eigenvalue weighted by Gasteiger charge is -2.19. The lowest BCUT2D eigenvalue weighted by Crippen LogP contribution is -2.32. The van der Waals surface area contributed by atoms with Gasteiger partial charge in [-0.3, -0.25) is 14.5 Å². The number of fused-ring (bicyclic) bond motifs is 1. The normalized spacial score (nSPS) is 16.5. The van der Waals surface area contributed by atoms with E-state index in [0.717, 1.165) is 4.88 Å². The molecule has 0 atom stereocenters. The van der Waals surface area contributed by atoms with Crippen molar-refractivity contribution >= 4 is 44.7 Å². The molecule has 9 heteroatoms. The van der Waals surface area contributed by atoms with Gasteiger partial charge in [-0.1, -0.05) is 23.7 Å². The van der Waals surface area contributed by atoms with Crippen LogP contribution in [0.15, 0.2) is 46.3 Å². The number of carbonyl (C=O) groups is 1. The molecule has 0 saturated carbocycles. The summed E-state index contributed by atoms with van der Waals surface area (Å²) in [5.41, 5.74) is 0.489. The second-order valence-electron chi connectivity index (χ2n) is 5.38. The van der Waals surface area contributed by atoms with Crippen LogP contribution >= 0.6 is 22.9 Å². The second-order valence-corrected chi connectivity index (χ2v) is 8.83.